The lowest BCUT2D eigenvalue weighted by Gasteiger charge is -2.23. The Kier molecular flexibility index (Phi) is 10.7. The summed E-state index contributed by atoms with van der Waals surface area (Å²) in [6, 6.07) is 0. The number of hydrogen-bond donors (Lipinski definition) is 3. The lowest BCUT2D eigenvalue weighted by atomic mass is 10.1. The lowest BCUT2D eigenvalue weighted by Crippen LogP contribution is -2.42. The van der Waals surface area contributed by atoms with Crippen molar-refractivity contribution in [3.8, 4) is 0 Å². The average Bonchev–Trinajstić information content (AvgIpc) is 2.89. The van der Waals surface area contributed by atoms with Crippen molar-refractivity contribution >= 4 is 0 Å². The van der Waals surface area contributed by atoms with Crippen LogP contribution in [-0.2, 0) is 9.47 Å². The Hall–Kier alpha value is -0.460. The largest absolute Gasteiger partial charge is 0.394 e. The highest BCUT2D eigenvalue weighted by Crippen LogP contribution is 2.21. The van der Waals surface area contributed by atoms with E-state index in [1.165, 1.54) is 25.7 Å². The third kappa shape index (κ3) is 7.20. The van der Waals surface area contributed by atoms with E-state index in [0.717, 1.165) is 19.3 Å². The zero-order valence-corrected chi connectivity index (χ0v) is 13.7. The van der Waals surface area contributed by atoms with Gasteiger partial charge in [-0.1, -0.05) is 38.3 Å². The Morgan fingerprint density at radius 3 is 2.59 bits per heavy atom. The maximum atomic E-state index is 9.79. The Morgan fingerprint density at radius 2 is 1.91 bits per heavy atom. The van der Waals surface area contributed by atoms with E-state index in [2.05, 4.69) is 19.1 Å². The van der Waals surface area contributed by atoms with E-state index >= 15 is 0 Å². The van der Waals surface area contributed by atoms with Crippen molar-refractivity contribution in [1.82, 2.24) is 0 Å². The van der Waals surface area contributed by atoms with Crippen LogP contribution in [0.3, 0.4) is 0 Å². The second kappa shape index (κ2) is 12.0. The maximum absolute atomic E-state index is 9.79. The minimum atomic E-state index is -1.01. The van der Waals surface area contributed by atoms with Gasteiger partial charge in [0.1, 0.15) is 24.4 Å². The number of ether oxygens (including phenoxy) is 2. The number of hydrogen-bond acceptors (Lipinski definition) is 5. The normalized spacial score (nSPS) is 26.8. The molecule has 1 saturated heterocycles. The summed E-state index contributed by atoms with van der Waals surface area (Å²) >= 11 is 0. The van der Waals surface area contributed by atoms with Gasteiger partial charge >= 0.3 is 0 Å². The van der Waals surface area contributed by atoms with Crippen LogP contribution < -0.4 is 0 Å². The molecule has 1 fully saturated rings. The molecule has 0 spiro atoms. The molecule has 3 N–H and O–H groups in total. The van der Waals surface area contributed by atoms with Crippen LogP contribution in [0, 0.1) is 0 Å². The van der Waals surface area contributed by atoms with Crippen molar-refractivity contribution in [3.05, 3.63) is 12.2 Å². The van der Waals surface area contributed by atoms with Crippen molar-refractivity contribution in [1.29, 1.82) is 0 Å². The van der Waals surface area contributed by atoms with E-state index in [-0.39, 0.29) is 6.61 Å². The van der Waals surface area contributed by atoms with Gasteiger partial charge in [-0.05, 0) is 25.7 Å². The molecule has 1 heterocycles. The third-order valence-electron chi connectivity index (χ3n) is 3.95. The third-order valence-corrected chi connectivity index (χ3v) is 3.95. The topological polar surface area (TPSA) is 79.2 Å². The number of allylic oxidation sites excluding steroid dienone is 2. The van der Waals surface area contributed by atoms with E-state index in [1.54, 1.807) is 0 Å². The van der Waals surface area contributed by atoms with Gasteiger partial charge in [-0.15, -0.1) is 0 Å². The van der Waals surface area contributed by atoms with Crippen LogP contribution in [0.15, 0.2) is 12.2 Å². The Balaban J connectivity index is 2.09. The first-order valence-corrected chi connectivity index (χ1v) is 8.55. The molecule has 0 aromatic carbocycles. The number of rotatable bonds is 12. The Bertz CT molecular complexity index is 295. The highest BCUT2D eigenvalue weighted by molar-refractivity contribution is 4.89. The first kappa shape index (κ1) is 19.6. The zero-order valence-electron chi connectivity index (χ0n) is 13.7. The number of aliphatic hydroxyl groups is 3. The van der Waals surface area contributed by atoms with Crippen LogP contribution in [0.1, 0.15) is 51.9 Å². The standard InChI is InChI=1S/C17H32O5/c1-2-3-4-5-6-7-8-9-10-11-21-17-15(20)13-22-16(17)14(19)12-18/h7-8,14-20H,2-6,9-13H2,1H3/b8-7+/t14-,15+,16+,17+/m1/s1. The van der Waals surface area contributed by atoms with E-state index in [9.17, 15) is 10.2 Å². The van der Waals surface area contributed by atoms with Gasteiger partial charge in [-0.3, -0.25) is 0 Å². The fraction of sp³-hybridized carbons (Fsp3) is 0.882. The molecule has 130 valence electrons. The molecule has 0 aromatic heterocycles. The molecule has 1 aliphatic rings. The summed E-state index contributed by atoms with van der Waals surface area (Å²) < 4.78 is 10.9. The van der Waals surface area contributed by atoms with Crippen molar-refractivity contribution < 1.29 is 24.8 Å². The van der Waals surface area contributed by atoms with Crippen LogP contribution in [0.5, 0.6) is 0 Å². The summed E-state index contributed by atoms with van der Waals surface area (Å²) in [5.41, 5.74) is 0. The Morgan fingerprint density at radius 1 is 1.18 bits per heavy atom. The smallest absolute Gasteiger partial charge is 0.114 e. The van der Waals surface area contributed by atoms with Crippen LogP contribution in [0.2, 0.25) is 0 Å². The second-order valence-corrected chi connectivity index (χ2v) is 5.91. The lowest BCUT2D eigenvalue weighted by molar-refractivity contribution is -0.0935. The second-order valence-electron chi connectivity index (χ2n) is 5.91. The predicted molar refractivity (Wildman–Crippen MR) is 85.7 cm³/mol. The minimum Gasteiger partial charge on any atom is -0.394 e. The van der Waals surface area contributed by atoms with Gasteiger partial charge in [-0.2, -0.15) is 0 Å². The van der Waals surface area contributed by atoms with Gasteiger partial charge in [0.25, 0.3) is 0 Å². The highest BCUT2D eigenvalue weighted by Gasteiger charge is 2.40. The summed E-state index contributed by atoms with van der Waals surface area (Å²) in [4.78, 5) is 0. The molecule has 5 nitrogen and oxygen atoms in total. The fourth-order valence-corrected chi connectivity index (χ4v) is 2.60. The highest BCUT2D eigenvalue weighted by atomic mass is 16.6. The van der Waals surface area contributed by atoms with Crippen LogP contribution in [-0.4, -0.2) is 59.6 Å². The van der Waals surface area contributed by atoms with Gasteiger partial charge in [-0.25, -0.2) is 0 Å². The van der Waals surface area contributed by atoms with Crippen LogP contribution in [0.25, 0.3) is 0 Å². The molecule has 0 aromatic rings. The molecule has 0 aliphatic carbocycles. The summed E-state index contributed by atoms with van der Waals surface area (Å²) in [6.45, 7) is 2.48. The molecule has 22 heavy (non-hydrogen) atoms. The van der Waals surface area contributed by atoms with Crippen molar-refractivity contribution in [2.45, 2.75) is 76.3 Å². The van der Waals surface area contributed by atoms with Gasteiger partial charge in [0.2, 0.25) is 0 Å². The molecular formula is C17H32O5. The van der Waals surface area contributed by atoms with Crippen molar-refractivity contribution in [2.24, 2.45) is 0 Å². The minimum absolute atomic E-state index is 0.143. The molecule has 4 atom stereocenters. The van der Waals surface area contributed by atoms with Crippen LogP contribution in [0.4, 0.5) is 0 Å². The SMILES string of the molecule is CCCCCC/C=C/CCCO[C@@H]1[C@H]([C@H](O)CO)OC[C@@H]1O. The van der Waals surface area contributed by atoms with Crippen molar-refractivity contribution in [2.75, 3.05) is 19.8 Å². The summed E-state index contributed by atoms with van der Waals surface area (Å²) in [5, 5.41) is 28.4. The number of aliphatic hydroxyl groups excluding tert-OH is 3. The Labute approximate surface area is 133 Å². The quantitative estimate of drug-likeness (QED) is 0.378. The van der Waals surface area contributed by atoms with E-state index in [1.807, 2.05) is 0 Å². The van der Waals surface area contributed by atoms with Gasteiger partial charge in [0.15, 0.2) is 0 Å². The maximum Gasteiger partial charge on any atom is 0.114 e. The number of unbranched alkanes of at least 4 members (excludes halogenated alkanes) is 5. The molecule has 0 bridgehead atoms. The molecule has 1 aliphatic heterocycles. The average molecular weight is 316 g/mol. The summed E-state index contributed by atoms with van der Waals surface area (Å²) in [7, 11) is 0. The summed E-state index contributed by atoms with van der Waals surface area (Å²) in [6.07, 6.45) is 9.56. The van der Waals surface area contributed by atoms with Gasteiger partial charge in [0.05, 0.1) is 13.2 Å². The molecule has 5 heteroatoms. The van der Waals surface area contributed by atoms with Gasteiger partial charge < -0.3 is 24.8 Å². The predicted octanol–water partition coefficient (Wildman–Crippen LogP) is 1.79. The zero-order chi connectivity index (χ0) is 16.2. The van der Waals surface area contributed by atoms with E-state index in [0.29, 0.717) is 6.61 Å². The fourth-order valence-electron chi connectivity index (χ4n) is 2.60. The molecule has 0 radical (unpaired) electrons. The molecule has 0 unspecified atom stereocenters. The van der Waals surface area contributed by atoms with E-state index in [4.69, 9.17) is 14.6 Å². The van der Waals surface area contributed by atoms with Crippen LogP contribution >= 0.6 is 0 Å². The summed E-state index contributed by atoms with van der Waals surface area (Å²) in [5.74, 6) is 0. The molecule has 0 amide bonds. The van der Waals surface area contributed by atoms with E-state index < -0.39 is 31.0 Å². The molecule has 1 rings (SSSR count). The molecular weight excluding hydrogens is 284 g/mol. The molecule has 0 saturated carbocycles. The van der Waals surface area contributed by atoms with Gasteiger partial charge in [0, 0.05) is 6.61 Å². The first-order chi connectivity index (χ1) is 10.7. The van der Waals surface area contributed by atoms with Crippen molar-refractivity contribution in [3.63, 3.8) is 0 Å². The monoisotopic (exact) mass is 316 g/mol. The first-order valence-electron chi connectivity index (χ1n) is 8.55.